The Kier molecular flexibility index (Phi) is 5.14. The maximum absolute atomic E-state index is 12.6. The number of aromatic nitrogens is 4. The predicted molar refractivity (Wildman–Crippen MR) is 109 cm³/mol. The molecule has 0 aliphatic carbocycles. The molecule has 8 heteroatoms. The van der Waals surface area contributed by atoms with E-state index < -0.39 is 0 Å². The predicted octanol–water partition coefficient (Wildman–Crippen LogP) is 4.68. The van der Waals surface area contributed by atoms with Gasteiger partial charge in [0.2, 0.25) is 0 Å². The lowest BCUT2D eigenvalue weighted by molar-refractivity contribution is 0.102. The van der Waals surface area contributed by atoms with E-state index in [-0.39, 0.29) is 5.91 Å². The summed E-state index contributed by atoms with van der Waals surface area (Å²) in [6.45, 7) is 0.380. The number of nitrogens with zero attached hydrogens (tertiary/aromatic N) is 4. The largest absolute Gasteiger partial charge is 0.307 e. The van der Waals surface area contributed by atoms with Crippen LogP contribution in [0.3, 0.4) is 0 Å². The van der Waals surface area contributed by atoms with E-state index in [2.05, 4.69) is 15.5 Å². The molecule has 28 heavy (non-hydrogen) atoms. The van der Waals surface area contributed by atoms with Gasteiger partial charge >= 0.3 is 0 Å². The molecule has 0 aliphatic rings. The highest BCUT2D eigenvalue weighted by Gasteiger charge is 2.14. The van der Waals surface area contributed by atoms with Gasteiger partial charge in [-0.15, -0.1) is 0 Å². The van der Waals surface area contributed by atoms with Gasteiger partial charge in [0.15, 0.2) is 0 Å². The summed E-state index contributed by atoms with van der Waals surface area (Å²) >= 11 is 12.3. The molecule has 6 nitrogen and oxygen atoms in total. The van der Waals surface area contributed by atoms with E-state index in [1.165, 1.54) is 6.20 Å². The Bertz CT molecular complexity index is 1120. The molecular formula is C20H15Cl2N5O. The van der Waals surface area contributed by atoms with E-state index in [1.807, 2.05) is 42.5 Å². The van der Waals surface area contributed by atoms with E-state index in [4.69, 9.17) is 23.2 Å². The highest BCUT2D eigenvalue weighted by molar-refractivity contribution is 6.42. The van der Waals surface area contributed by atoms with Gasteiger partial charge in [0.25, 0.3) is 5.91 Å². The first-order valence-electron chi connectivity index (χ1n) is 8.48. The Morgan fingerprint density at radius 2 is 1.82 bits per heavy atom. The van der Waals surface area contributed by atoms with Crippen LogP contribution in [0.4, 0.5) is 5.82 Å². The number of halogens is 2. The van der Waals surface area contributed by atoms with Crippen molar-refractivity contribution in [2.75, 3.05) is 5.32 Å². The molecule has 0 atom stereocenters. The average Bonchev–Trinajstić information content (AvgIpc) is 3.36. The number of carbonyl (C=O) groups excluding carboxylic acids is 1. The Morgan fingerprint density at radius 3 is 2.64 bits per heavy atom. The van der Waals surface area contributed by atoms with E-state index in [9.17, 15) is 4.79 Å². The summed E-state index contributed by atoms with van der Waals surface area (Å²) in [5, 5.41) is 12.3. The SMILES string of the molecule is O=C(Nc1ccnn1Cc1cccc(Cl)c1Cl)c1cnn(-c2ccccc2)c1. The van der Waals surface area contributed by atoms with Crippen molar-refractivity contribution < 1.29 is 4.79 Å². The molecule has 0 bridgehead atoms. The van der Waals surface area contributed by atoms with Crippen molar-refractivity contribution in [2.45, 2.75) is 6.54 Å². The van der Waals surface area contributed by atoms with Gasteiger partial charge in [-0.05, 0) is 23.8 Å². The minimum absolute atomic E-state index is 0.277. The molecule has 0 saturated carbocycles. The number of anilines is 1. The van der Waals surface area contributed by atoms with Gasteiger partial charge in [-0.25, -0.2) is 9.36 Å². The third-order valence-electron chi connectivity index (χ3n) is 4.18. The third kappa shape index (κ3) is 3.78. The summed E-state index contributed by atoms with van der Waals surface area (Å²) < 4.78 is 3.30. The zero-order valence-electron chi connectivity index (χ0n) is 14.6. The lowest BCUT2D eigenvalue weighted by atomic mass is 10.2. The molecule has 2 aromatic heterocycles. The smallest absolute Gasteiger partial charge is 0.260 e. The monoisotopic (exact) mass is 411 g/mol. The molecule has 0 aliphatic heterocycles. The van der Waals surface area contributed by atoms with Crippen LogP contribution in [0.25, 0.3) is 5.69 Å². The first-order valence-corrected chi connectivity index (χ1v) is 9.23. The molecule has 0 fully saturated rings. The molecule has 0 spiro atoms. The van der Waals surface area contributed by atoms with E-state index >= 15 is 0 Å². The first-order chi connectivity index (χ1) is 13.6. The lowest BCUT2D eigenvalue weighted by Crippen LogP contribution is -2.16. The van der Waals surface area contributed by atoms with E-state index in [0.717, 1.165) is 11.3 Å². The molecule has 4 rings (SSSR count). The fraction of sp³-hybridized carbons (Fsp3) is 0.0500. The summed E-state index contributed by atoms with van der Waals surface area (Å²) in [5.74, 6) is 0.273. The lowest BCUT2D eigenvalue weighted by Gasteiger charge is -2.10. The highest BCUT2D eigenvalue weighted by Crippen LogP contribution is 2.26. The second-order valence-electron chi connectivity index (χ2n) is 6.05. The Labute approximate surface area is 171 Å². The van der Waals surface area contributed by atoms with Crippen LogP contribution in [0.15, 0.2) is 73.2 Å². The van der Waals surface area contributed by atoms with Gasteiger partial charge in [0.1, 0.15) is 5.82 Å². The van der Waals surface area contributed by atoms with Crippen molar-refractivity contribution in [3.05, 3.63) is 94.4 Å². The van der Waals surface area contributed by atoms with E-state index in [1.54, 1.807) is 33.9 Å². The van der Waals surface area contributed by atoms with Crippen LogP contribution in [0.5, 0.6) is 0 Å². The van der Waals surface area contributed by atoms with Gasteiger partial charge in [0.05, 0.1) is 40.2 Å². The van der Waals surface area contributed by atoms with Gasteiger partial charge < -0.3 is 5.32 Å². The second kappa shape index (κ2) is 7.88. The van der Waals surface area contributed by atoms with Crippen molar-refractivity contribution in [3.8, 4) is 5.69 Å². The van der Waals surface area contributed by atoms with Crippen LogP contribution in [-0.2, 0) is 6.54 Å². The van der Waals surface area contributed by atoms with Crippen molar-refractivity contribution in [2.24, 2.45) is 0 Å². The third-order valence-corrected chi connectivity index (χ3v) is 5.03. The van der Waals surface area contributed by atoms with Crippen molar-refractivity contribution in [3.63, 3.8) is 0 Å². The summed E-state index contributed by atoms with van der Waals surface area (Å²) in [5.41, 5.74) is 2.13. The number of benzene rings is 2. The Morgan fingerprint density at radius 1 is 1.00 bits per heavy atom. The molecule has 1 amide bonds. The summed E-state index contributed by atoms with van der Waals surface area (Å²) in [7, 11) is 0. The van der Waals surface area contributed by atoms with Gasteiger partial charge in [-0.3, -0.25) is 4.79 Å². The fourth-order valence-corrected chi connectivity index (χ4v) is 3.13. The Balaban J connectivity index is 1.51. The molecule has 2 aromatic carbocycles. The van der Waals surface area contributed by atoms with Crippen LogP contribution < -0.4 is 5.32 Å². The van der Waals surface area contributed by atoms with Gasteiger partial charge in [-0.2, -0.15) is 10.2 Å². The minimum Gasteiger partial charge on any atom is -0.307 e. The minimum atomic E-state index is -0.277. The standard InChI is InChI=1S/C20H15Cl2N5O/c21-17-8-4-5-14(19(17)22)12-27-18(9-10-23-27)25-20(28)15-11-24-26(13-15)16-6-2-1-3-7-16/h1-11,13H,12H2,(H,25,28). The number of carbonyl (C=O) groups is 1. The molecule has 0 radical (unpaired) electrons. The number of rotatable bonds is 5. The first kappa shape index (κ1) is 18.3. The van der Waals surface area contributed by atoms with Crippen LogP contribution in [0.2, 0.25) is 10.0 Å². The summed E-state index contributed by atoms with van der Waals surface area (Å²) in [6, 6.07) is 16.7. The molecule has 4 aromatic rings. The molecule has 0 saturated heterocycles. The van der Waals surface area contributed by atoms with Crippen LogP contribution in [0, 0.1) is 0 Å². The number of para-hydroxylation sites is 1. The van der Waals surface area contributed by atoms with Gasteiger partial charge in [-0.1, -0.05) is 53.5 Å². The van der Waals surface area contributed by atoms with Crippen LogP contribution >= 0.6 is 23.2 Å². The molecule has 140 valence electrons. The summed E-state index contributed by atoms with van der Waals surface area (Å²) in [4.78, 5) is 12.6. The zero-order chi connectivity index (χ0) is 19.5. The normalized spacial score (nSPS) is 10.8. The fourth-order valence-electron chi connectivity index (χ4n) is 2.75. The number of amides is 1. The quantitative estimate of drug-likeness (QED) is 0.518. The van der Waals surface area contributed by atoms with Crippen LogP contribution in [0.1, 0.15) is 15.9 Å². The maximum Gasteiger partial charge on any atom is 0.260 e. The van der Waals surface area contributed by atoms with Crippen LogP contribution in [-0.4, -0.2) is 25.5 Å². The number of hydrogen-bond acceptors (Lipinski definition) is 3. The number of hydrogen-bond donors (Lipinski definition) is 1. The average molecular weight is 412 g/mol. The molecule has 0 unspecified atom stereocenters. The topological polar surface area (TPSA) is 64.7 Å². The van der Waals surface area contributed by atoms with Crippen molar-refractivity contribution in [1.82, 2.24) is 19.6 Å². The Hall–Kier alpha value is -3.09. The van der Waals surface area contributed by atoms with Crippen molar-refractivity contribution in [1.29, 1.82) is 0 Å². The zero-order valence-corrected chi connectivity index (χ0v) is 16.1. The van der Waals surface area contributed by atoms with E-state index in [0.29, 0.717) is 28.0 Å². The maximum atomic E-state index is 12.6. The van der Waals surface area contributed by atoms with Gasteiger partial charge in [0, 0.05) is 12.3 Å². The summed E-state index contributed by atoms with van der Waals surface area (Å²) in [6.07, 6.45) is 4.82. The number of nitrogens with one attached hydrogen (secondary N) is 1. The highest BCUT2D eigenvalue weighted by atomic mass is 35.5. The van der Waals surface area contributed by atoms with Crippen molar-refractivity contribution >= 4 is 34.9 Å². The molecule has 1 N–H and O–H groups in total. The second-order valence-corrected chi connectivity index (χ2v) is 6.84. The molecular weight excluding hydrogens is 397 g/mol. The molecule has 2 heterocycles.